The molecule has 27 heavy (non-hydrogen) atoms. The highest BCUT2D eigenvalue weighted by Crippen LogP contribution is 2.33. The maximum atomic E-state index is 8.94. The van der Waals surface area contributed by atoms with Gasteiger partial charge in [0.2, 0.25) is 0 Å². The quantitative estimate of drug-likeness (QED) is 0.488. The topological polar surface area (TPSA) is 71.7 Å². The van der Waals surface area contributed by atoms with Crippen LogP contribution >= 0.6 is 0 Å². The lowest BCUT2D eigenvalue weighted by atomic mass is 10.1. The lowest BCUT2D eigenvalue weighted by Crippen LogP contribution is -2.07. The summed E-state index contributed by atoms with van der Waals surface area (Å²) in [5, 5.41) is 16.8. The number of anilines is 1. The van der Waals surface area contributed by atoms with E-state index in [9.17, 15) is 0 Å². The lowest BCUT2D eigenvalue weighted by Gasteiger charge is -2.11. The van der Waals surface area contributed by atoms with Gasteiger partial charge in [-0.2, -0.15) is 0 Å². The molecule has 2 aromatic heterocycles. The Kier molecular flexibility index (Phi) is 4.98. The summed E-state index contributed by atoms with van der Waals surface area (Å²) in [6.07, 6.45) is 2.47. The molecule has 4 rings (SSSR count). The van der Waals surface area contributed by atoms with Crippen molar-refractivity contribution in [2.45, 2.75) is 6.42 Å². The molecule has 0 atom stereocenters. The minimum absolute atomic E-state index is 0.149. The van der Waals surface area contributed by atoms with Crippen molar-refractivity contribution in [1.29, 1.82) is 0 Å². The van der Waals surface area contributed by atoms with E-state index in [2.05, 4.69) is 15.4 Å². The summed E-state index contributed by atoms with van der Waals surface area (Å²) in [6.45, 7) is 0.808. The van der Waals surface area contributed by atoms with Crippen LogP contribution in [0, 0.1) is 0 Å². The van der Waals surface area contributed by atoms with Crippen molar-refractivity contribution in [3.63, 3.8) is 0 Å². The van der Waals surface area contributed by atoms with Gasteiger partial charge in [0.25, 0.3) is 0 Å². The Bertz CT molecular complexity index is 1030. The lowest BCUT2D eigenvalue weighted by molar-refractivity contribution is 0.292. The summed E-state index contributed by atoms with van der Waals surface area (Å²) >= 11 is 0. The fourth-order valence-electron chi connectivity index (χ4n) is 2.83. The molecule has 2 N–H and O–H groups in total. The van der Waals surface area contributed by atoms with Gasteiger partial charge >= 0.3 is 0 Å². The third-order valence-corrected chi connectivity index (χ3v) is 4.14. The van der Waals surface area contributed by atoms with Gasteiger partial charge in [-0.05, 0) is 42.8 Å². The van der Waals surface area contributed by atoms with Gasteiger partial charge in [0.1, 0.15) is 17.3 Å². The summed E-state index contributed by atoms with van der Waals surface area (Å²) in [5.41, 5.74) is 2.52. The molecule has 2 heterocycles. The Morgan fingerprint density at radius 1 is 0.963 bits per heavy atom. The van der Waals surface area contributed by atoms with Crippen LogP contribution in [-0.2, 0) is 0 Å². The average molecular weight is 360 g/mol. The summed E-state index contributed by atoms with van der Waals surface area (Å²) in [4.78, 5) is 4.46. The van der Waals surface area contributed by atoms with E-state index >= 15 is 0 Å². The molecular formula is C21H20N4O2. The number of fused-ring (bicyclic) bond motifs is 1. The van der Waals surface area contributed by atoms with Crippen molar-refractivity contribution in [2.24, 2.45) is 0 Å². The molecule has 0 aliphatic carbocycles. The number of nitrogens with one attached hydrogen (secondary N) is 1. The number of hydrogen-bond acceptors (Lipinski definition) is 5. The number of benzene rings is 2. The van der Waals surface area contributed by atoms with Gasteiger partial charge in [0.05, 0.1) is 11.9 Å². The average Bonchev–Trinajstić information content (AvgIpc) is 3.13. The zero-order valence-corrected chi connectivity index (χ0v) is 14.7. The number of para-hydroxylation sites is 2. The number of aromatic nitrogens is 3. The number of nitrogens with zero attached hydrogens (tertiary/aromatic N) is 3. The van der Waals surface area contributed by atoms with Gasteiger partial charge in [0.15, 0.2) is 5.65 Å². The summed E-state index contributed by atoms with van der Waals surface area (Å²) < 4.78 is 7.88. The van der Waals surface area contributed by atoms with Crippen molar-refractivity contribution < 1.29 is 9.84 Å². The first-order valence-corrected chi connectivity index (χ1v) is 8.87. The number of aliphatic hydroxyl groups excluding tert-OH is 1. The van der Waals surface area contributed by atoms with Gasteiger partial charge in [-0.1, -0.05) is 30.3 Å². The van der Waals surface area contributed by atoms with E-state index in [-0.39, 0.29) is 6.61 Å². The molecule has 0 saturated heterocycles. The Labute approximate surface area is 157 Å². The molecule has 2 aromatic carbocycles. The van der Waals surface area contributed by atoms with Crippen LogP contribution in [0.25, 0.3) is 16.9 Å². The predicted molar refractivity (Wildman–Crippen MR) is 105 cm³/mol. The zero-order valence-electron chi connectivity index (χ0n) is 14.7. The molecule has 4 aromatic rings. The Balaban J connectivity index is 1.71. The number of imidazole rings is 1. The number of aliphatic hydroxyl groups is 1. The first-order valence-electron chi connectivity index (χ1n) is 8.87. The highest BCUT2D eigenvalue weighted by Gasteiger charge is 2.13. The van der Waals surface area contributed by atoms with Gasteiger partial charge < -0.3 is 15.2 Å². The molecule has 136 valence electrons. The van der Waals surface area contributed by atoms with Gasteiger partial charge in [-0.3, -0.25) is 0 Å². The first kappa shape index (κ1) is 17.1. The van der Waals surface area contributed by atoms with Crippen LogP contribution < -0.4 is 10.1 Å². The van der Waals surface area contributed by atoms with Crippen molar-refractivity contribution in [1.82, 2.24) is 14.6 Å². The van der Waals surface area contributed by atoms with Crippen LogP contribution in [0.2, 0.25) is 0 Å². The van der Waals surface area contributed by atoms with Crippen molar-refractivity contribution >= 4 is 11.5 Å². The van der Waals surface area contributed by atoms with Crippen LogP contribution in [-0.4, -0.2) is 32.9 Å². The molecule has 0 bridgehead atoms. The van der Waals surface area contributed by atoms with E-state index in [0.29, 0.717) is 13.0 Å². The molecule has 6 nitrogen and oxygen atoms in total. The van der Waals surface area contributed by atoms with Crippen LogP contribution in [0.4, 0.5) is 5.82 Å². The number of rotatable bonds is 7. The van der Waals surface area contributed by atoms with Gasteiger partial charge in [-0.25, -0.2) is 9.50 Å². The summed E-state index contributed by atoms with van der Waals surface area (Å²) in [6, 6.07) is 21.3. The van der Waals surface area contributed by atoms with Crippen LogP contribution in [0.3, 0.4) is 0 Å². The first-order chi connectivity index (χ1) is 13.3. The van der Waals surface area contributed by atoms with Crippen molar-refractivity contribution in [3.05, 3.63) is 72.9 Å². The molecule has 0 spiro atoms. The van der Waals surface area contributed by atoms with E-state index in [4.69, 9.17) is 9.84 Å². The molecule has 0 aliphatic heterocycles. The highest BCUT2D eigenvalue weighted by atomic mass is 16.5. The molecule has 0 radical (unpaired) electrons. The van der Waals surface area contributed by atoms with Gasteiger partial charge in [-0.15, -0.1) is 5.10 Å². The zero-order chi connectivity index (χ0) is 18.5. The van der Waals surface area contributed by atoms with E-state index in [1.54, 1.807) is 10.7 Å². The fourth-order valence-corrected chi connectivity index (χ4v) is 2.83. The van der Waals surface area contributed by atoms with E-state index in [0.717, 1.165) is 34.2 Å². The van der Waals surface area contributed by atoms with Gasteiger partial charge in [0, 0.05) is 18.7 Å². The standard InChI is InChI=1S/C21H20N4O2/c26-14-6-13-22-20-11-12-21-23-15-18(25(21)24-20)17-9-4-5-10-19(17)27-16-7-2-1-3-8-16/h1-5,7-12,15,26H,6,13-14H2,(H,22,24). The minimum atomic E-state index is 0.149. The summed E-state index contributed by atoms with van der Waals surface area (Å²) in [7, 11) is 0. The van der Waals surface area contributed by atoms with Crippen molar-refractivity contribution in [3.8, 4) is 22.8 Å². The molecule has 0 saturated carbocycles. The SMILES string of the molecule is OCCCNc1ccc2ncc(-c3ccccc3Oc3ccccc3)n2n1. The molecule has 0 aliphatic rings. The normalized spacial score (nSPS) is 10.9. The second-order valence-corrected chi connectivity index (χ2v) is 6.05. The van der Waals surface area contributed by atoms with Crippen LogP contribution in [0.5, 0.6) is 11.5 Å². The van der Waals surface area contributed by atoms with E-state index < -0.39 is 0 Å². The second kappa shape index (κ2) is 7.88. The smallest absolute Gasteiger partial charge is 0.154 e. The third-order valence-electron chi connectivity index (χ3n) is 4.14. The monoisotopic (exact) mass is 360 g/mol. The molecular weight excluding hydrogens is 340 g/mol. The number of hydrogen-bond donors (Lipinski definition) is 2. The Morgan fingerprint density at radius 3 is 2.63 bits per heavy atom. The van der Waals surface area contributed by atoms with Crippen LogP contribution in [0.1, 0.15) is 6.42 Å². The molecule has 0 amide bonds. The van der Waals surface area contributed by atoms with Crippen molar-refractivity contribution in [2.75, 3.05) is 18.5 Å². The number of ether oxygens (including phenoxy) is 1. The molecule has 0 unspecified atom stereocenters. The maximum Gasteiger partial charge on any atom is 0.154 e. The molecule has 6 heteroatoms. The van der Waals surface area contributed by atoms with Crippen LogP contribution in [0.15, 0.2) is 72.9 Å². The highest BCUT2D eigenvalue weighted by molar-refractivity contribution is 5.70. The largest absolute Gasteiger partial charge is 0.457 e. The third kappa shape index (κ3) is 3.75. The second-order valence-electron chi connectivity index (χ2n) is 6.05. The Morgan fingerprint density at radius 2 is 1.78 bits per heavy atom. The predicted octanol–water partition coefficient (Wildman–Crippen LogP) is 3.98. The minimum Gasteiger partial charge on any atom is -0.457 e. The maximum absolute atomic E-state index is 8.94. The Hall–Kier alpha value is -3.38. The summed E-state index contributed by atoms with van der Waals surface area (Å²) in [5.74, 6) is 2.25. The van der Waals surface area contributed by atoms with E-state index in [1.165, 1.54) is 0 Å². The fraction of sp³-hybridized carbons (Fsp3) is 0.143. The molecule has 0 fully saturated rings. The van der Waals surface area contributed by atoms with E-state index in [1.807, 2.05) is 66.7 Å².